The third-order valence-corrected chi connectivity index (χ3v) is 8.32. The number of anilines is 2. The van der Waals surface area contributed by atoms with Crippen LogP contribution in [0, 0.1) is 17.2 Å². The van der Waals surface area contributed by atoms with E-state index < -0.39 is 5.82 Å². The molecule has 1 spiro atoms. The molecule has 180 valence electrons. The third-order valence-electron chi connectivity index (χ3n) is 8.32. The Hall–Kier alpha value is -3.09. The topological polar surface area (TPSA) is 70.7 Å². The highest BCUT2D eigenvalue weighted by molar-refractivity contribution is 5.92. The first-order valence-electron chi connectivity index (χ1n) is 12.1. The molecule has 2 N–H and O–H groups in total. The Bertz CT molecular complexity index is 1110. The number of nitrogens with zero attached hydrogens (tertiary/aromatic N) is 1. The lowest BCUT2D eigenvalue weighted by molar-refractivity contribution is -0.139. The molecule has 1 saturated heterocycles. The molecule has 2 aromatic rings. The second-order valence-corrected chi connectivity index (χ2v) is 10.1. The summed E-state index contributed by atoms with van der Waals surface area (Å²) in [7, 11) is 1.67. The van der Waals surface area contributed by atoms with Gasteiger partial charge in [-0.3, -0.25) is 9.59 Å². The van der Waals surface area contributed by atoms with Crippen molar-refractivity contribution in [3.63, 3.8) is 0 Å². The van der Waals surface area contributed by atoms with Crippen LogP contribution < -0.4 is 15.4 Å². The largest absolute Gasteiger partial charge is 0.497 e. The van der Waals surface area contributed by atoms with Crippen LogP contribution in [0.4, 0.5) is 15.8 Å². The third kappa shape index (κ3) is 3.71. The molecule has 0 bridgehead atoms. The molecule has 5 rings (SSSR count). The van der Waals surface area contributed by atoms with E-state index in [0.29, 0.717) is 6.54 Å². The predicted octanol–water partition coefficient (Wildman–Crippen LogP) is 4.78. The van der Waals surface area contributed by atoms with E-state index in [4.69, 9.17) is 4.74 Å². The molecule has 0 aromatic heterocycles. The minimum atomic E-state index is -0.423. The van der Waals surface area contributed by atoms with Gasteiger partial charge in [0.25, 0.3) is 0 Å². The number of fused-ring (bicyclic) bond motifs is 4. The standard InChI is InChI=1S/C27H32FN3O3/c1-16-25-24(20-9-8-19(34-3)14-23(20)29-25)27(15-31(16)17(2)32)12-10-18(11-13-27)26(33)30-22-7-5-4-6-21(22)28/h4-9,14,16,18,24-25,29H,10-13,15H2,1-3H3,(H,30,33)/t16-,18?,24?,25?,27?/m0/s1. The summed E-state index contributed by atoms with van der Waals surface area (Å²) < 4.78 is 19.5. The lowest BCUT2D eigenvalue weighted by Gasteiger charge is -2.55. The van der Waals surface area contributed by atoms with Gasteiger partial charge in [0.2, 0.25) is 11.8 Å². The Labute approximate surface area is 199 Å². The van der Waals surface area contributed by atoms with Gasteiger partial charge in [-0.2, -0.15) is 0 Å². The Kier molecular flexibility index (Phi) is 5.74. The van der Waals surface area contributed by atoms with Crippen LogP contribution in [-0.4, -0.2) is 42.5 Å². The van der Waals surface area contributed by atoms with Gasteiger partial charge in [0.15, 0.2) is 0 Å². The van der Waals surface area contributed by atoms with E-state index in [1.807, 2.05) is 17.0 Å². The zero-order chi connectivity index (χ0) is 24.0. The zero-order valence-electron chi connectivity index (χ0n) is 19.9. The average Bonchev–Trinajstić information content (AvgIpc) is 3.23. The van der Waals surface area contributed by atoms with Crippen LogP contribution in [-0.2, 0) is 9.59 Å². The normalized spacial score (nSPS) is 29.7. The van der Waals surface area contributed by atoms with Crippen molar-refractivity contribution in [2.75, 3.05) is 24.3 Å². The lowest BCUT2D eigenvalue weighted by Crippen LogP contribution is -2.61. The van der Waals surface area contributed by atoms with Crippen LogP contribution in [0.3, 0.4) is 0 Å². The van der Waals surface area contributed by atoms with Crippen LogP contribution in [0.15, 0.2) is 42.5 Å². The molecule has 6 nitrogen and oxygen atoms in total. The number of carbonyl (C=O) groups is 2. The summed E-state index contributed by atoms with van der Waals surface area (Å²) in [6.45, 7) is 4.46. The molecule has 2 amide bonds. The summed E-state index contributed by atoms with van der Waals surface area (Å²) in [5, 5.41) is 6.47. The van der Waals surface area contributed by atoms with Crippen LogP contribution in [0.5, 0.6) is 5.75 Å². The molecule has 2 unspecified atom stereocenters. The molecule has 1 saturated carbocycles. The van der Waals surface area contributed by atoms with Gasteiger partial charge < -0.3 is 20.3 Å². The summed E-state index contributed by atoms with van der Waals surface area (Å²) in [6, 6.07) is 12.6. The summed E-state index contributed by atoms with van der Waals surface area (Å²) >= 11 is 0. The summed E-state index contributed by atoms with van der Waals surface area (Å²) in [5.74, 6) is 0.434. The van der Waals surface area contributed by atoms with Crippen molar-refractivity contribution in [3.05, 3.63) is 53.8 Å². The number of halogens is 1. The summed E-state index contributed by atoms with van der Waals surface area (Å²) in [4.78, 5) is 27.5. The van der Waals surface area contributed by atoms with E-state index in [2.05, 4.69) is 23.6 Å². The number of methoxy groups -OCH3 is 1. The first-order valence-corrected chi connectivity index (χ1v) is 12.1. The predicted molar refractivity (Wildman–Crippen MR) is 129 cm³/mol. The average molecular weight is 466 g/mol. The zero-order valence-corrected chi connectivity index (χ0v) is 19.9. The number of hydrogen-bond acceptors (Lipinski definition) is 4. The molecule has 3 aliphatic rings. The maximum Gasteiger partial charge on any atom is 0.227 e. The Morgan fingerprint density at radius 2 is 1.91 bits per heavy atom. The Morgan fingerprint density at radius 1 is 1.18 bits per heavy atom. The van der Waals surface area contributed by atoms with Crippen molar-refractivity contribution in [1.82, 2.24) is 4.90 Å². The van der Waals surface area contributed by atoms with E-state index >= 15 is 0 Å². The molecule has 2 fully saturated rings. The number of piperidine rings is 1. The van der Waals surface area contributed by atoms with Crippen molar-refractivity contribution in [2.24, 2.45) is 11.3 Å². The fourth-order valence-electron chi connectivity index (χ4n) is 6.52. The highest BCUT2D eigenvalue weighted by Crippen LogP contribution is 2.58. The van der Waals surface area contributed by atoms with E-state index in [-0.39, 0.29) is 46.8 Å². The number of amides is 2. The van der Waals surface area contributed by atoms with E-state index in [0.717, 1.165) is 37.1 Å². The van der Waals surface area contributed by atoms with E-state index in [1.54, 1.807) is 32.2 Å². The number of para-hydroxylation sites is 1. The minimum Gasteiger partial charge on any atom is -0.497 e. The van der Waals surface area contributed by atoms with Gasteiger partial charge in [0.1, 0.15) is 11.6 Å². The fraction of sp³-hybridized carbons (Fsp3) is 0.481. The number of hydrogen-bond donors (Lipinski definition) is 2. The van der Waals surface area contributed by atoms with Gasteiger partial charge in [0, 0.05) is 43.1 Å². The quantitative estimate of drug-likeness (QED) is 0.685. The molecule has 2 heterocycles. The maximum absolute atomic E-state index is 14.0. The SMILES string of the molecule is COc1ccc2c(c1)NC1C2C2(CCC(C(=O)Nc3ccccc3F)CC2)CN(C(C)=O)[C@H]1C. The number of ether oxygens (including phenoxy) is 1. The molecule has 0 radical (unpaired) electrons. The second-order valence-electron chi connectivity index (χ2n) is 10.1. The van der Waals surface area contributed by atoms with Gasteiger partial charge in [-0.15, -0.1) is 0 Å². The molecule has 2 aromatic carbocycles. The molecule has 2 aliphatic heterocycles. The van der Waals surface area contributed by atoms with Gasteiger partial charge in [-0.25, -0.2) is 4.39 Å². The summed E-state index contributed by atoms with van der Waals surface area (Å²) in [6.07, 6.45) is 3.12. The highest BCUT2D eigenvalue weighted by atomic mass is 19.1. The first-order chi connectivity index (χ1) is 16.3. The molecule has 34 heavy (non-hydrogen) atoms. The van der Waals surface area contributed by atoms with Crippen molar-refractivity contribution in [3.8, 4) is 5.75 Å². The summed E-state index contributed by atoms with van der Waals surface area (Å²) in [5.41, 5.74) is 2.47. The molecular formula is C27H32FN3O3. The Balaban J connectivity index is 1.40. The van der Waals surface area contributed by atoms with Crippen molar-refractivity contribution >= 4 is 23.2 Å². The maximum atomic E-state index is 14.0. The van der Waals surface area contributed by atoms with Gasteiger partial charge in [-0.1, -0.05) is 18.2 Å². The van der Waals surface area contributed by atoms with E-state index in [9.17, 15) is 14.0 Å². The first kappa shape index (κ1) is 22.7. The number of nitrogens with one attached hydrogen (secondary N) is 2. The van der Waals surface area contributed by atoms with Gasteiger partial charge >= 0.3 is 0 Å². The van der Waals surface area contributed by atoms with Crippen molar-refractivity contribution in [1.29, 1.82) is 0 Å². The van der Waals surface area contributed by atoms with Crippen LogP contribution in [0.2, 0.25) is 0 Å². The van der Waals surface area contributed by atoms with E-state index in [1.165, 1.54) is 11.6 Å². The minimum absolute atomic E-state index is 0.0635. The number of likely N-dealkylation sites (tertiary alicyclic amines) is 1. The van der Waals surface area contributed by atoms with Crippen molar-refractivity contribution in [2.45, 2.75) is 57.5 Å². The molecular weight excluding hydrogens is 433 g/mol. The van der Waals surface area contributed by atoms with Gasteiger partial charge in [-0.05, 0) is 61.8 Å². The molecule has 1 aliphatic carbocycles. The number of carbonyl (C=O) groups excluding carboxylic acids is 2. The molecule has 7 heteroatoms. The van der Waals surface area contributed by atoms with Crippen LogP contribution in [0.25, 0.3) is 0 Å². The number of rotatable bonds is 3. The highest BCUT2D eigenvalue weighted by Gasteiger charge is 2.56. The fourth-order valence-corrected chi connectivity index (χ4v) is 6.52. The van der Waals surface area contributed by atoms with Crippen molar-refractivity contribution < 1.29 is 18.7 Å². The monoisotopic (exact) mass is 465 g/mol. The second kappa shape index (κ2) is 8.60. The van der Waals surface area contributed by atoms with Gasteiger partial charge in [0.05, 0.1) is 18.8 Å². The molecule has 3 atom stereocenters. The Morgan fingerprint density at radius 3 is 2.59 bits per heavy atom. The smallest absolute Gasteiger partial charge is 0.227 e. The number of benzene rings is 2. The van der Waals surface area contributed by atoms with Crippen LogP contribution in [0.1, 0.15) is 51.0 Å². The lowest BCUT2D eigenvalue weighted by atomic mass is 9.57. The van der Waals surface area contributed by atoms with Crippen LogP contribution >= 0.6 is 0 Å².